The average molecular weight is 672 g/mol. The molecule has 6 nitrogen and oxygen atoms in total. The van der Waals surface area contributed by atoms with Crippen LogP contribution in [0.5, 0.6) is 5.75 Å². The number of pyridine rings is 1. The van der Waals surface area contributed by atoms with Gasteiger partial charge in [0.1, 0.15) is 11.6 Å². The van der Waals surface area contributed by atoms with Gasteiger partial charge in [-0.2, -0.15) is 26.3 Å². The summed E-state index contributed by atoms with van der Waals surface area (Å²) in [6, 6.07) is 9.90. The number of hydrogen-bond acceptors (Lipinski definition) is 6. The van der Waals surface area contributed by atoms with Gasteiger partial charge in [0.15, 0.2) is 5.78 Å². The number of carbonyl (C=O) groups is 1. The summed E-state index contributed by atoms with van der Waals surface area (Å²) in [5.74, 6) is 0.939. The number of alkyl halides is 6. The molecule has 1 heterocycles. The van der Waals surface area contributed by atoms with Crippen molar-refractivity contribution in [2.75, 3.05) is 36.2 Å². The van der Waals surface area contributed by atoms with Crippen molar-refractivity contribution >= 4 is 30.1 Å². The molecule has 1 aliphatic carbocycles. The first kappa shape index (κ1) is 36.9. The predicted molar refractivity (Wildman–Crippen MR) is 170 cm³/mol. The Labute approximate surface area is 265 Å². The lowest BCUT2D eigenvalue weighted by Crippen LogP contribution is -2.13. The van der Waals surface area contributed by atoms with E-state index in [1.165, 1.54) is 57.2 Å². The fourth-order valence-electron chi connectivity index (χ4n) is 4.98. The number of benzene rings is 2. The molecule has 252 valence electrons. The topological polar surface area (TPSA) is 80.3 Å². The van der Waals surface area contributed by atoms with E-state index in [0.717, 1.165) is 55.4 Å². The normalized spacial score (nSPS) is 13.4. The number of carbonyl (C=O) groups excluding carboxylic acids is 1. The number of ether oxygens (including phenoxy) is 1. The van der Waals surface area contributed by atoms with Crippen LogP contribution in [0.2, 0.25) is 0 Å². The summed E-state index contributed by atoms with van der Waals surface area (Å²) in [4.78, 5) is 15.4. The van der Waals surface area contributed by atoms with E-state index in [-0.39, 0.29) is 35.1 Å². The third-order valence-electron chi connectivity index (χ3n) is 7.37. The van der Waals surface area contributed by atoms with Crippen LogP contribution in [0.15, 0.2) is 54.7 Å². The molecule has 0 saturated heterocycles. The zero-order valence-electron chi connectivity index (χ0n) is 26.3. The van der Waals surface area contributed by atoms with Crippen molar-refractivity contribution in [3.05, 3.63) is 77.0 Å². The number of rotatable bonds is 13. The van der Waals surface area contributed by atoms with Gasteiger partial charge in [0.05, 0.1) is 36.8 Å². The lowest BCUT2D eigenvalue weighted by molar-refractivity contribution is -0.138. The Hall–Kier alpha value is -3.53. The maximum Gasteiger partial charge on any atom is 0.419 e. The fourth-order valence-corrected chi connectivity index (χ4v) is 8.51. The number of halogens is 6. The van der Waals surface area contributed by atoms with Gasteiger partial charge in [-0.1, -0.05) is 26.0 Å². The van der Waals surface area contributed by atoms with E-state index in [1.54, 1.807) is 0 Å². The largest absolute Gasteiger partial charge is 0.495 e. The van der Waals surface area contributed by atoms with Crippen molar-refractivity contribution in [3.63, 3.8) is 0 Å². The molecule has 1 aromatic heterocycles. The third kappa shape index (κ3) is 11.1. The average Bonchev–Trinajstić information content (AvgIpc) is 3.79. The number of aromatic nitrogens is 1. The number of Topliss-reactive ketones (excluding diaryl/α,β-unsaturated/α-hetero) is 1. The molecule has 0 atom stereocenters. The zero-order chi connectivity index (χ0) is 34.1. The highest BCUT2D eigenvalue weighted by Crippen LogP contribution is 2.53. The standard InChI is InChI=1S/C23H19F6N3O2.C10H21OP/c1-13(33)15-6-7-18(20(9-15)34-2)32-21-10-19(17(12-31-21)23(27,28)29)30-11-14-4-3-5-16(8-14)22(24,25)26;1-3-7-12(11,8-4-2)9-10-5-6-10/h3-10,12H,11H2,1-2H3,(H2,30,31,32);10H,3-9H2,1-2H3. The SMILES string of the molecule is CCCP(=O)(CCC)CC1CC1.COc1cc(C(C)=O)ccc1Nc1cc(NCc2cccc(C(F)(F)F)c2)c(C(F)(F)F)cn1. The molecule has 1 aliphatic rings. The zero-order valence-corrected chi connectivity index (χ0v) is 27.2. The third-order valence-corrected chi connectivity index (χ3v) is 11.1. The summed E-state index contributed by atoms with van der Waals surface area (Å²) < 4.78 is 96.7. The molecule has 3 aromatic rings. The van der Waals surface area contributed by atoms with Crippen LogP contribution in [0.4, 0.5) is 43.5 Å². The summed E-state index contributed by atoms with van der Waals surface area (Å²) in [6.45, 7) is 5.39. The van der Waals surface area contributed by atoms with Crippen LogP contribution in [0.3, 0.4) is 0 Å². The highest BCUT2D eigenvalue weighted by molar-refractivity contribution is 7.63. The van der Waals surface area contributed by atoms with Gasteiger partial charge in [-0.05, 0) is 74.4 Å². The first-order valence-corrected chi connectivity index (χ1v) is 17.3. The lowest BCUT2D eigenvalue weighted by Gasteiger charge is -2.17. The van der Waals surface area contributed by atoms with Crippen LogP contribution in [0.25, 0.3) is 0 Å². The van der Waals surface area contributed by atoms with E-state index in [4.69, 9.17) is 4.74 Å². The quantitative estimate of drug-likeness (QED) is 0.107. The number of methoxy groups -OCH3 is 1. The summed E-state index contributed by atoms with van der Waals surface area (Å²) in [5.41, 5.74) is -1.47. The molecule has 13 heteroatoms. The summed E-state index contributed by atoms with van der Waals surface area (Å²) in [5, 5.41) is 5.38. The summed E-state index contributed by atoms with van der Waals surface area (Å²) in [6.07, 6.45) is -0.750. The highest BCUT2D eigenvalue weighted by atomic mass is 31.2. The maximum atomic E-state index is 13.5. The van der Waals surface area contributed by atoms with Gasteiger partial charge < -0.3 is 19.9 Å². The van der Waals surface area contributed by atoms with E-state index >= 15 is 0 Å². The molecular formula is C33H40F6N3O3P. The van der Waals surface area contributed by atoms with Crippen molar-refractivity contribution in [2.24, 2.45) is 5.92 Å². The Kier molecular flexibility index (Phi) is 12.7. The van der Waals surface area contributed by atoms with E-state index in [0.29, 0.717) is 17.4 Å². The van der Waals surface area contributed by atoms with Crippen molar-refractivity contribution < 1.29 is 40.4 Å². The minimum Gasteiger partial charge on any atom is -0.495 e. The van der Waals surface area contributed by atoms with Crippen LogP contribution in [-0.4, -0.2) is 36.4 Å². The second-order valence-electron chi connectivity index (χ2n) is 11.4. The van der Waals surface area contributed by atoms with Crippen LogP contribution in [-0.2, 0) is 23.5 Å². The molecular weight excluding hydrogens is 631 g/mol. The minimum atomic E-state index is -4.75. The number of hydrogen-bond donors (Lipinski definition) is 2. The second kappa shape index (κ2) is 15.8. The molecule has 0 spiro atoms. The van der Waals surface area contributed by atoms with Crippen molar-refractivity contribution in [1.29, 1.82) is 0 Å². The molecule has 1 saturated carbocycles. The number of nitrogens with one attached hydrogen (secondary N) is 2. The first-order valence-electron chi connectivity index (χ1n) is 15.1. The van der Waals surface area contributed by atoms with E-state index in [9.17, 15) is 35.7 Å². The van der Waals surface area contributed by atoms with Crippen molar-refractivity contribution in [3.8, 4) is 5.75 Å². The van der Waals surface area contributed by atoms with Gasteiger partial charge in [0.2, 0.25) is 0 Å². The molecule has 1 fully saturated rings. The van der Waals surface area contributed by atoms with Gasteiger partial charge in [0.25, 0.3) is 0 Å². The van der Waals surface area contributed by atoms with Gasteiger partial charge in [-0.25, -0.2) is 4.98 Å². The van der Waals surface area contributed by atoms with Crippen LogP contribution < -0.4 is 15.4 Å². The van der Waals surface area contributed by atoms with Gasteiger partial charge >= 0.3 is 12.4 Å². The molecule has 46 heavy (non-hydrogen) atoms. The maximum absolute atomic E-state index is 13.5. The Balaban J connectivity index is 0.000000402. The van der Waals surface area contributed by atoms with E-state index < -0.39 is 30.6 Å². The molecule has 0 bridgehead atoms. The number of nitrogens with zero attached hydrogens (tertiary/aromatic N) is 1. The van der Waals surface area contributed by atoms with Gasteiger partial charge in [-0.3, -0.25) is 4.79 Å². The molecule has 0 aliphatic heterocycles. The number of ketones is 1. The smallest absolute Gasteiger partial charge is 0.419 e. The molecule has 2 N–H and O–H groups in total. The first-order chi connectivity index (χ1) is 21.6. The second-order valence-corrected chi connectivity index (χ2v) is 14.8. The van der Waals surface area contributed by atoms with Gasteiger partial charge in [-0.15, -0.1) is 0 Å². The summed E-state index contributed by atoms with van der Waals surface area (Å²) >= 11 is 0. The number of anilines is 3. The lowest BCUT2D eigenvalue weighted by atomic mass is 10.1. The molecule has 0 radical (unpaired) electrons. The Bertz CT molecular complexity index is 1510. The fraction of sp³-hybridized carbons (Fsp3) is 0.455. The molecule has 2 aromatic carbocycles. The predicted octanol–water partition coefficient (Wildman–Crippen LogP) is 10.3. The van der Waals surface area contributed by atoms with E-state index in [2.05, 4.69) is 29.5 Å². The minimum absolute atomic E-state index is 0.0217. The Morgan fingerprint density at radius 1 is 0.957 bits per heavy atom. The molecule has 4 rings (SSSR count). The molecule has 0 amide bonds. The van der Waals surface area contributed by atoms with Crippen LogP contribution in [0, 0.1) is 5.92 Å². The highest BCUT2D eigenvalue weighted by Gasteiger charge is 2.35. The molecule has 0 unspecified atom stereocenters. The Morgan fingerprint density at radius 3 is 2.17 bits per heavy atom. The van der Waals surface area contributed by atoms with Crippen LogP contribution in [0.1, 0.15) is 73.5 Å². The van der Waals surface area contributed by atoms with Gasteiger partial charge in [0, 0.05) is 42.9 Å². The Morgan fingerprint density at radius 2 is 1.63 bits per heavy atom. The summed E-state index contributed by atoms with van der Waals surface area (Å²) in [7, 11) is -0.345. The van der Waals surface area contributed by atoms with Crippen LogP contribution >= 0.6 is 7.14 Å². The monoisotopic (exact) mass is 671 g/mol. The van der Waals surface area contributed by atoms with E-state index in [1.807, 2.05) is 0 Å². The van der Waals surface area contributed by atoms with Crippen molar-refractivity contribution in [2.45, 2.75) is 65.4 Å². The van der Waals surface area contributed by atoms with Crippen molar-refractivity contribution in [1.82, 2.24) is 4.98 Å².